The normalized spacial score (nSPS) is 24.8. The van der Waals surface area contributed by atoms with Crippen molar-refractivity contribution in [3.8, 4) is 5.75 Å². The summed E-state index contributed by atoms with van der Waals surface area (Å²) >= 11 is 0. The maximum atomic E-state index is 11.3. The molecule has 2 aliphatic carbocycles. The van der Waals surface area contributed by atoms with Gasteiger partial charge in [-0.2, -0.15) is 0 Å². The molecule has 1 unspecified atom stereocenters. The second kappa shape index (κ2) is 3.93. The van der Waals surface area contributed by atoms with Crippen molar-refractivity contribution in [1.82, 2.24) is 0 Å². The van der Waals surface area contributed by atoms with Crippen LogP contribution in [0.3, 0.4) is 0 Å². The van der Waals surface area contributed by atoms with Crippen LogP contribution < -0.4 is 4.74 Å². The number of ether oxygens (including phenoxy) is 1. The van der Waals surface area contributed by atoms with Gasteiger partial charge in [0.25, 0.3) is 0 Å². The topological polar surface area (TPSA) is 26.3 Å². The first-order valence-corrected chi connectivity index (χ1v) is 6.09. The molecule has 0 heterocycles. The highest BCUT2D eigenvalue weighted by atomic mass is 16.5. The van der Waals surface area contributed by atoms with Gasteiger partial charge < -0.3 is 4.74 Å². The minimum atomic E-state index is 0.401. The summed E-state index contributed by atoms with van der Waals surface area (Å²) in [7, 11) is 0. The van der Waals surface area contributed by atoms with Crippen molar-refractivity contribution >= 4 is 5.78 Å². The van der Waals surface area contributed by atoms with Gasteiger partial charge in [-0.3, -0.25) is 4.79 Å². The SMILES string of the molecule is O=C1CCC(c2cccc(OC3CC3)c2)C1. The Hall–Kier alpha value is -1.31. The van der Waals surface area contributed by atoms with E-state index in [9.17, 15) is 4.79 Å². The first-order chi connectivity index (χ1) is 7.81. The average molecular weight is 216 g/mol. The zero-order chi connectivity index (χ0) is 11.0. The standard InChI is InChI=1S/C14H16O2/c15-12-5-4-11(8-12)10-2-1-3-14(9-10)16-13-6-7-13/h1-3,9,11,13H,4-8H2. The van der Waals surface area contributed by atoms with Crippen LogP contribution in [0, 0.1) is 0 Å². The maximum absolute atomic E-state index is 11.3. The molecule has 0 N–H and O–H groups in total. The van der Waals surface area contributed by atoms with Crippen LogP contribution in [0.2, 0.25) is 0 Å². The number of benzene rings is 1. The van der Waals surface area contributed by atoms with Gasteiger partial charge in [-0.05, 0) is 42.9 Å². The molecule has 1 atom stereocenters. The van der Waals surface area contributed by atoms with Crippen LogP contribution in [0.5, 0.6) is 5.75 Å². The molecule has 0 amide bonds. The third-order valence-corrected chi connectivity index (χ3v) is 3.40. The molecule has 2 aliphatic rings. The molecule has 0 aliphatic heterocycles. The molecule has 1 aromatic rings. The Balaban J connectivity index is 1.75. The zero-order valence-corrected chi connectivity index (χ0v) is 9.32. The molecule has 84 valence electrons. The molecule has 2 saturated carbocycles. The van der Waals surface area contributed by atoms with Crippen molar-refractivity contribution < 1.29 is 9.53 Å². The van der Waals surface area contributed by atoms with E-state index in [1.165, 1.54) is 18.4 Å². The quantitative estimate of drug-likeness (QED) is 0.776. The van der Waals surface area contributed by atoms with Crippen molar-refractivity contribution in [2.75, 3.05) is 0 Å². The molecule has 0 spiro atoms. The molecule has 2 fully saturated rings. The van der Waals surface area contributed by atoms with Crippen LogP contribution in [0.15, 0.2) is 24.3 Å². The number of hydrogen-bond acceptors (Lipinski definition) is 2. The van der Waals surface area contributed by atoms with E-state index in [4.69, 9.17) is 4.74 Å². The Labute approximate surface area is 95.6 Å². The molecule has 2 heteroatoms. The Morgan fingerprint density at radius 1 is 1.19 bits per heavy atom. The molecule has 0 aromatic heterocycles. The van der Waals surface area contributed by atoms with Crippen molar-refractivity contribution in [3.05, 3.63) is 29.8 Å². The first-order valence-electron chi connectivity index (χ1n) is 6.09. The number of rotatable bonds is 3. The van der Waals surface area contributed by atoms with Gasteiger partial charge in [0.2, 0.25) is 0 Å². The fourth-order valence-corrected chi connectivity index (χ4v) is 2.32. The summed E-state index contributed by atoms with van der Waals surface area (Å²) in [5, 5.41) is 0. The monoisotopic (exact) mass is 216 g/mol. The van der Waals surface area contributed by atoms with Crippen LogP contribution in [-0.4, -0.2) is 11.9 Å². The lowest BCUT2D eigenvalue weighted by molar-refractivity contribution is -0.117. The Morgan fingerprint density at radius 2 is 2.06 bits per heavy atom. The van der Waals surface area contributed by atoms with Gasteiger partial charge in [0.05, 0.1) is 6.10 Å². The van der Waals surface area contributed by atoms with Gasteiger partial charge >= 0.3 is 0 Å². The predicted molar refractivity (Wildman–Crippen MR) is 61.7 cm³/mol. The minimum Gasteiger partial charge on any atom is -0.490 e. The summed E-state index contributed by atoms with van der Waals surface area (Å²) in [6, 6.07) is 8.28. The second-order valence-electron chi connectivity index (χ2n) is 4.87. The van der Waals surface area contributed by atoms with Gasteiger partial charge in [-0.15, -0.1) is 0 Å². The molecule has 16 heavy (non-hydrogen) atoms. The molecule has 0 saturated heterocycles. The van der Waals surface area contributed by atoms with Crippen molar-refractivity contribution in [3.63, 3.8) is 0 Å². The second-order valence-corrected chi connectivity index (χ2v) is 4.87. The van der Waals surface area contributed by atoms with Gasteiger partial charge in [-0.1, -0.05) is 12.1 Å². The van der Waals surface area contributed by atoms with Gasteiger partial charge in [0, 0.05) is 12.8 Å². The van der Waals surface area contributed by atoms with Crippen LogP contribution in [-0.2, 0) is 4.79 Å². The summed E-state index contributed by atoms with van der Waals surface area (Å²) in [6.45, 7) is 0. The summed E-state index contributed by atoms with van der Waals surface area (Å²) in [4.78, 5) is 11.3. The lowest BCUT2D eigenvalue weighted by Gasteiger charge is -2.11. The van der Waals surface area contributed by atoms with E-state index in [0.29, 0.717) is 24.2 Å². The molecule has 2 nitrogen and oxygen atoms in total. The number of hydrogen-bond donors (Lipinski definition) is 0. The van der Waals surface area contributed by atoms with E-state index >= 15 is 0 Å². The van der Waals surface area contributed by atoms with Gasteiger partial charge in [0.15, 0.2) is 0 Å². The lowest BCUT2D eigenvalue weighted by Crippen LogP contribution is -1.98. The Bertz CT molecular complexity index is 407. The molecule has 0 radical (unpaired) electrons. The highest BCUT2D eigenvalue weighted by molar-refractivity contribution is 5.81. The summed E-state index contributed by atoms with van der Waals surface area (Å²) in [5.41, 5.74) is 1.27. The van der Waals surface area contributed by atoms with Crippen molar-refractivity contribution in [1.29, 1.82) is 0 Å². The smallest absolute Gasteiger partial charge is 0.133 e. The van der Waals surface area contributed by atoms with Crippen LogP contribution >= 0.6 is 0 Å². The minimum absolute atomic E-state index is 0.401. The number of carbonyl (C=O) groups excluding carboxylic acids is 1. The third-order valence-electron chi connectivity index (χ3n) is 3.40. The zero-order valence-electron chi connectivity index (χ0n) is 9.32. The van der Waals surface area contributed by atoms with E-state index in [-0.39, 0.29) is 0 Å². The number of carbonyl (C=O) groups is 1. The van der Waals surface area contributed by atoms with Gasteiger partial charge in [0.1, 0.15) is 11.5 Å². The number of Topliss-reactive ketones (excluding diaryl/α,β-unsaturated/α-hetero) is 1. The van der Waals surface area contributed by atoms with E-state index in [1.54, 1.807) is 0 Å². The Kier molecular flexibility index (Phi) is 2.43. The van der Waals surface area contributed by atoms with Crippen molar-refractivity contribution in [2.24, 2.45) is 0 Å². The van der Waals surface area contributed by atoms with Crippen LogP contribution in [0.4, 0.5) is 0 Å². The molecule has 3 rings (SSSR count). The first kappa shape index (κ1) is 9.88. The van der Waals surface area contributed by atoms with E-state index < -0.39 is 0 Å². The van der Waals surface area contributed by atoms with E-state index in [0.717, 1.165) is 18.6 Å². The average Bonchev–Trinajstić information content (AvgIpc) is 2.98. The predicted octanol–water partition coefficient (Wildman–Crippen LogP) is 3.06. The van der Waals surface area contributed by atoms with E-state index in [1.807, 2.05) is 12.1 Å². The maximum Gasteiger partial charge on any atom is 0.133 e. The molecule has 1 aromatic carbocycles. The highest BCUT2D eigenvalue weighted by Gasteiger charge is 2.25. The summed E-state index contributed by atoms with van der Waals surface area (Å²) < 4.78 is 5.77. The fourth-order valence-electron chi connectivity index (χ4n) is 2.32. The summed E-state index contributed by atoms with van der Waals surface area (Å²) in [6.07, 6.45) is 5.29. The van der Waals surface area contributed by atoms with Gasteiger partial charge in [-0.25, -0.2) is 0 Å². The molecule has 0 bridgehead atoms. The number of ketones is 1. The van der Waals surface area contributed by atoms with Crippen LogP contribution in [0.25, 0.3) is 0 Å². The molecular formula is C14H16O2. The highest BCUT2D eigenvalue weighted by Crippen LogP contribution is 2.34. The lowest BCUT2D eigenvalue weighted by atomic mass is 9.97. The summed E-state index contributed by atoms with van der Waals surface area (Å²) in [5.74, 6) is 1.80. The fraction of sp³-hybridized carbons (Fsp3) is 0.500. The van der Waals surface area contributed by atoms with Crippen LogP contribution in [0.1, 0.15) is 43.6 Å². The Morgan fingerprint density at radius 3 is 2.75 bits per heavy atom. The largest absolute Gasteiger partial charge is 0.490 e. The van der Waals surface area contributed by atoms with E-state index in [2.05, 4.69) is 12.1 Å². The molecular weight excluding hydrogens is 200 g/mol. The third kappa shape index (κ3) is 2.11. The van der Waals surface area contributed by atoms with Crippen molar-refractivity contribution in [2.45, 2.75) is 44.1 Å².